The average Bonchev–Trinajstić information content (AvgIpc) is 2.92. The van der Waals surface area contributed by atoms with E-state index in [2.05, 4.69) is 29.3 Å². The number of aryl methyl sites for hydroxylation is 2. The van der Waals surface area contributed by atoms with Gasteiger partial charge in [-0.25, -0.2) is 4.98 Å². The molecule has 0 aromatic carbocycles. The molecule has 1 atom stereocenters. The Morgan fingerprint density at radius 2 is 2.26 bits per heavy atom. The van der Waals surface area contributed by atoms with Gasteiger partial charge >= 0.3 is 0 Å². The lowest BCUT2D eigenvalue weighted by molar-refractivity contribution is 0.394. The fraction of sp³-hybridized carbons (Fsp3) is 0.688. The Morgan fingerprint density at radius 3 is 3.16 bits per heavy atom. The lowest BCUT2D eigenvalue weighted by atomic mass is 9.98. The molecular formula is C16H25N3. The molecule has 1 fully saturated rings. The normalized spacial score (nSPS) is 22.6. The maximum absolute atomic E-state index is 4.90. The molecule has 0 bridgehead atoms. The van der Waals surface area contributed by atoms with Crippen LogP contribution in [0.4, 0.5) is 5.82 Å². The second-order valence-corrected chi connectivity index (χ2v) is 5.89. The van der Waals surface area contributed by atoms with E-state index in [4.69, 9.17) is 4.98 Å². The second-order valence-electron chi connectivity index (χ2n) is 5.89. The van der Waals surface area contributed by atoms with Gasteiger partial charge in [0, 0.05) is 18.8 Å². The van der Waals surface area contributed by atoms with E-state index in [1.54, 1.807) is 0 Å². The van der Waals surface area contributed by atoms with Crippen LogP contribution in [0.2, 0.25) is 0 Å². The monoisotopic (exact) mass is 259 g/mol. The Hall–Kier alpha value is -1.09. The molecule has 2 heterocycles. The summed E-state index contributed by atoms with van der Waals surface area (Å²) < 4.78 is 0. The molecule has 3 rings (SSSR count). The third kappa shape index (κ3) is 2.92. The molecule has 1 aromatic rings. The fourth-order valence-electron chi connectivity index (χ4n) is 3.37. The van der Waals surface area contributed by atoms with Gasteiger partial charge in [-0.15, -0.1) is 0 Å². The van der Waals surface area contributed by atoms with Crippen molar-refractivity contribution in [2.24, 2.45) is 5.92 Å². The average molecular weight is 259 g/mol. The van der Waals surface area contributed by atoms with Crippen LogP contribution >= 0.6 is 0 Å². The molecule has 3 heteroatoms. The van der Waals surface area contributed by atoms with Crippen molar-refractivity contribution < 1.29 is 0 Å². The molecule has 1 aliphatic carbocycles. The first-order valence-electron chi connectivity index (χ1n) is 7.81. The predicted octanol–water partition coefficient (Wildman–Crippen LogP) is 2.40. The van der Waals surface area contributed by atoms with E-state index in [0.717, 1.165) is 19.0 Å². The quantitative estimate of drug-likeness (QED) is 0.900. The third-order valence-corrected chi connectivity index (χ3v) is 4.44. The van der Waals surface area contributed by atoms with Crippen LogP contribution in [0, 0.1) is 5.92 Å². The first-order chi connectivity index (χ1) is 9.36. The molecule has 1 unspecified atom stereocenters. The molecule has 0 spiro atoms. The number of hydrogen-bond acceptors (Lipinski definition) is 3. The summed E-state index contributed by atoms with van der Waals surface area (Å²) in [4.78, 5) is 7.39. The molecule has 1 saturated heterocycles. The molecule has 0 amide bonds. The molecule has 1 aromatic heterocycles. The third-order valence-electron chi connectivity index (χ3n) is 4.44. The van der Waals surface area contributed by atoms with E-state index in [0.29, 0.717) is 0 Å². The van der Waals surface area contributed by atoms with E-state index in [1.807, 2.05) is 0 Å². The van der Waals surface area contributed by atoms with Crippen LogP contribution in [-0.2, 0) is 12.8 Å². The van der Waals surface area contributed by atoms with Gasteiger partial charge in [0.05, 0.1) is 0 Å². The minimum Gasteiger partial charge on any atom is -0.356 e. The van der Waals surface area contributed by atoms with Gasteiger partial charge in [0.2, 0.25) is 0 Å². The lowest BCUT2D eigenvalue weighted by Crippen LogP contribution is -2.40. The van der Waals surface area contributed by atoms with Crippen LogP contribution in [0.15, 0.2) is 12.1 Å². The number of anilines is 1. The molecule has 2 aliphatic rings. The van der Waals surface area contributed by atoms with Crippen molar-refractivity contribution in [3.63, 3.8) is 0 Å². The molecular weight excluding hydrogens is 234 g/mol. The highest BCUT2D eigenvalue weighted by molar-refractivity contribution is 5.43. The van der Waals surface area contributed by atoms with Crippen molar-refractivity contribution in [1.29, 1.82) is 0 Å². The molecule has 1 aliphatic heterocycles. The fourth-order valence-corrected chi connectivity index (χ4v) is 3.37. The van der Waals surface area contributed by atoms with Gasteiger partial charge in [-0.2, -0.15) is 0 Å². The van der Waals surface area contributed by atoms with E-state index in [9.17, 15) is 0 Å². The Labute approximate surface area is 116 Å². The van der Waals surface area contributed by atoms with Crippen molar-refractivity contribution in [2.45, 2.75) is 39.0 Å². The maximum atomic E-state index is 4.90. The van der Waals surface area contributed by atoms with E-state index in [1.165, 1.54) is 62.3 Å². The Kier molecular flexibility index (Phi) is 4.02. The summed E-state index contributed by atoms with van der Waals surface area (Å²) in [7, 11) is 0. The summed E-state index contributed by atoms with van der Waals surface area (Å²) >= 11 is 0. The molecule has 104 valence electrons. The predicted molar refractivity (Wildman–Crippen MR) is 79.7 cm³/mol. The number of hydrogen-bond donors (Lipinski definition) is 1. The highest BCUT2D eigenvalue weighted by Gasteiger charge is 2.22. The number of nitrogens with zero attached hydrogens (tertiary/aromatic N) is 2. The standard InChI is InChI=1S/C16H25N3/c1-2-17-11-13-5-4-10-19(12-13)16-9-8-14-6-3-7-15(14)18-16/h8-9,13,17H,2-7,10-12H2,1H3. The number of rotatable bonds is 4. The first-order valence-corrected chi connectivity index (χ1v) is 7.81. The van der Waals surface area contributed by atoms with Crippen LogP contribution in [0.3, 0.4) is 0 Å². The highest BCUT2D eigenvalue weighted by Crippen LogP contribution is 2.26. The smallest absolute Gasteiger partial charge is 0.128 e. The van der Waals surface area contributed by atoms with Crippen molar-refractivity contribution >= 4 is 5.82 Å². The number of piperidine rings is 1. The van der Waals surface area contributed by atoms with E-state index >= 15 is 0 Å². The van der Waals surface area contributed by atoms with Crippen LogP contribution in [0.5, 0.6) is 0 Å². The number of fused-ring (bicyclic) bond motifs is 1. The number of aromatic nitrogens is 1. The minimum atomic E-state index is 0.781. The zero-order valence-electron chi connectivity index (χ0n) is 12.0. The van der Waals surface area contributed by atoms with Gasteiger partial charge in [-0.3, -0.25) is 0 Å². The van der Waals surface area contributed by atoms with Crippen LogP contribution in [0.25, 0.3) is 0 Å². The molecule has 3 nitrogen and oxygen atoms in total. The van der Waals surface area contributed by atoms with Crippen LogP contribution in [0.1, 0.15) is 37.4 Å². The zero-order chi connectivity index (χ0) is 13.1. The van der Waals surface area contributed by atoms with Crippen molar-refractivity contribution in [3.05, 3.63) is 23.4 Å². The summed E-state index contributed by atoms with van der Waals surface area (Å²) in [5.41, 5.74) is 2.83. The van der Waals surface area contributed by atoms with Gasteiger partial charge in [0.25, 0.3) is 0 Å². The highest BCUT2D eigenvalue weighted by atomic mass is 15.2. The van der Waals surface area contributed by atoms with E-state index < -0.39 is 0 Å². The van der Waals surface area contributed by atoms with Gasteiger partial charge < -0.3 is 10.2 Å². The van der Waals surface area contributed by atoms with Crippen molar-refractivity contribution in [3.8, 4) is 0 Å². The van der Waals surface area contributed by atoms with Gasteiger partial charge in [-0.1, -0.05) is 13.0 Å². The largest absolute Gasteiger partial charge is 0.356 e. The van der Waals surface area contributed by atoms with Crippen LogP contribution in [-0.4, -0.2) is 31.2 Å². The first kappa shape index (κ1) is 12.9. The summed E-state index contributed by atoms with van der Waals surface area (Å²) in [5.74, 6) is 1.99. The summed E-state index contributed by atoms with van der Waals surface area (Å²) in [5, 5.41) is 3.48. The minimum absolute atomic E-state index is 0.781. The Morgan fingerprint density at radius 1 is 1.32 bits per heavy atom. The zero-order valence-corrected chi connectivity index (χ0v) is 12.0. The molecule has 1 N–H and O–H groups in total. The van der Waals surface area contributed by atoms with Gasteiger partial charge in [-0.05, 0) is 62.7 Å². The number of pyridine rings is 1. The summed E-state index contributed by atoms with van der Waals surface area (Å²) in [6.45, 7) is 6.75. The molecule has 0 saturated carbocycles. The topological polar surface area (TPSA) is 28.2 Å². The SMILES string of the molecule is CCNCC1CCCN(c2ccc3c(n2)CCC3)C1. The second kappa shape index (κ2) is 5.91. The maximum Gasteiger partial charge on any atom is 0.128 e. The van der Waals surface area contributed by atoms with E-state index in [-0.39, 0.29) is 0 Å². The summed E-state index contributed by atoms with van der Waals surface area (Å²) in [6.07, 6.45) is 6.35. The van der Waals surface area contributed by atoms with Crippen LogP contribution < -0.4 is 10.2 Å². The lowest BCUT2D eigenvalue weighted by Gasteiger charge is -2.34. The van der Waals surface area contributed by atoms with Crippen molar-refractivity contribution in [1.82, 2.24) is 10.3 Å². The molecule has 0 radical (unpaired) electrons. The van der Waals surface area contributed by atoms with Crippen molar-refractivity contribution in [2.75, 3.05) is 31.1 Å². The van der Waals surface area contributed by atoms with Gasteiger partial charge in [0.1, 0.15) is 5.82 Å². The number of nitrogens with one attached hydrogen (secondary N) is 1. The Bertz CT molecular complexity index is 430. The van der Waals surface area contributed by atoms with Gasteiger partial charge in [0.15, 0.2) is 0 Å². The summed E-state index contributed by atoms with van der Waals surface area (Å²) in [6, 6.07) is 4.54. The molecule has 19 heavy (non-hydrogen) atoms. The Balaban J connectivity index is 1.67.